The van der Waals surface area contributed by atoms with E-state index in [1.54, 1.807) is 0 Å². The van der Waals surface area contributed by atoms with Gasteiger partial charge in [0, 0.05) is 23.7 Å². The molecular weight excluding hydrogens is 268 g/mol. The molecule has 2 heterocycles. The molecule has 2 aliphatic carbocycles. The van der Waals surface area contributed by atoms with Gasteiger partial charge >= 0.3 is 5.97 Å². The average molecular weight is 292 g/mol. The molecule has 4 nitrogen and oxygen atoms in total. The molecule has 0 N–H and O–H groups in total. The summed E-state index contributed by atoms with van der Waals surface area (Å²) in [6.07, 6.45) is 5.09. The summed E-state index contributed by atoms with van der Waals surface area (Å²) in [6.45, 7) is 7.78. The summed E-state index contributed by atoms with van der Waals surface area (Å²) in [7, 11) is 0. The minimum absolute atomic E-state index is 0.00697. The van der Waals surface area contributed by atoms with Crippen molar-refractivity contribution >= 4 is 5.97 Å². The van der Waals surface area contributed by atoms with E-state index in [0.29, 0.717) is 19.1 Å². The monoisotopic (exact) mass is 292 g/mol. The van der Waals surface area contributed by atoms with E-state index in [-0.39, 0.29) is 29.3 Å². The predicted molar refractivity (Wildman–Crippen MR) is 76.4 cm³/mol. The van der Waals surface area contributed by atoms with Gasteiger partial charge in [-0.15, -0.1) is 0 Å². The highest BCUT2D eigenvalue weighted by Gasteiger charge is 2.65. The maximum atomic E-state index is 12.0. The Labute approximate surface area is 125 Å². The lowest BCUT2D eigenvalue weighted by molar-refractivity contribution is -0.268. The maximum Gasteiger partial charge on any atom is 0.309 e. The molecular formula is C17H24O4. The first kappa shape index (κ1) is 13.8. The van der Waals surface area contributed by atoms with Crippen LogP contribution in [0.1, 0.15) is 40.0 Å². The molecule has 5 atom stereocenters. The van der Waals surface area contributed by atoms with Crippen LogP contribution in [0.5, 0.6) is 0 Å². The van der Waals surface area contributed by atoms with E-state index in [2.05, 4.69) is 19.9 Å². The van der Waals surface area contributed by atoms with Gasteiger partial charge in [-0.2, -0.15) is 0 Å². The fraction of sp³-hybridized carbons (Fsp3) is 0.824. The zero-order valence-electron chi connectivity index (χ0n) is 13.1. The summed E-state index contributed by atoms with van der Waals surface area (Å²) in [5.41, 5.74) is 1.23. The van der Waals surface area contributed by atoms with E-state index >= 15 is 0 Å². The molecule has 4 aliphatic rings. The van der Waals surface area contributed by atoms with Gasteiger partial charge in [0.05, 0.1) is 19.1 Å². The summed E-state index contributed by atoms with van der Waals surface area (Å²) in [5.74, 6) is 0.0402. The van der Waals surface area contributed by atoms with Gasteiger partial charge in [0.15, 0.2) is 5.79 Å². The highest BCUT2D eigenvalue weighted by molar-refractivity contribution is 5.75. The standard InChI is InChI=1S/C17H24O4/c1-10-4-7-17(19-8-9-20-17)16(3)6-5-12-11(2)15(18)21-14(12)13(10)16/h4,11-14H,5-9H2,1-3H3/t11-,12-,13+,14+,16+/m0/s1. The van der Waals surface area contributed by atoms with E-state index in [9.17, 15) is 4.79 Å². The van der Waals surface area contributed by atoms with Crippen LogP contribution in [0.4, 0.5) is 0 Å². The Morgan fingerprint density at radius 3 is 2.71 bits per heavy atom. The number of carbonyl (C=O) groups is 1. The van der Waals surface area contributed by atoms with Crippen LogP contribution in [-0.4, -0.2) is 31.1 Å². The summed E-state index contributed by atoms with van der Waals surface area (Å²) >= 11 is 0. The minimum atomic E-state index is -0.514. The molecule has 4 rings (SSSR count). The summed E-state index contributed by atoms with van der Waals surface area (Å²) in [4.78, 5) is 12.0. The van der Waals surface area contributed by atoms with Crippen LogP contribution in [0.25, 0.3) is 0 Å². The van der Waals surface area contributed by atoms with Crippen molar-refractivity contribution in [2.45, 2.75) is 51.9 Å². The van der Waals surface area contributed by atoms with Gasteiger partial charge in [-0.25, -0.2) is 0 Å². The molecule has 0 radical (unpaired) electrons. The Bertz CT molecular complexity index is 505. The Kier molecular flexibility index (Phi) is 2.84. The summed E-state index contributed by atoms with van der Waals surface area (Å²) in [5, 5.41) is 0. The van der Waals surface area contributed by atoms with Crippen molar-refractivity contribution in [1.29, 1.82) is 0 Å². The molecule has 0 aromatic heterocycles. The molecule has 0 aromatic carbocycles. The maximum absolute atomic E-state index is 12.0. The second-order valence-electron chi connectivity index (χ2n) is 7.39. The molecule has 1 spiro atoms. The molecule has 21 heavy (non-hydrogen) atoms. The Hall–Kier alpha value is -0.870. The van der Waals surface area contributed by atoms with Crippen molar-refractivity contribution in [2.24, 2.45) is 23.2 Å². The third-order valence-electron chi connectivity index (χ3n) is 6.51. The van der Waals surface area contributed by atoms with Crippen LogP contribution >= 0.6 is 0 Å². The molecule has 2 aliphatic heterocycles. The van der Waals surface area contributed by atoms with E-state index in [4.69, 9.17) is 14.2 Å². The quantitative estimate of drug-likeness (QED) is 0.508. The highest BCUT2D eigenvalue weighted by atomic mass is 16.7. The van der Waals surface area contributed by atoms with Crippen LogP contribution in [0.15, 0.2) is 11.6 Å². The molecule has 4 heteroatoms. The molecule has 0 amide bonds. The highest BCUT2D eigenvalue weighted by Crippen LogP contribution is 2.61. The van der Waals surface area contributed by atoms with E-state index in [0.717, 1.165) is 19.3 Å². The number of hydrogen-bond donors (Lipinski definition) is 0. The van der Waals surface area contributed by atoms with Crippen molar-refractivity contribution in [3.05, 3.63) is 11.6 Å². The molecule has 3 fully saturated rings. The first-order chi connectivity index (χ1) is 9.98. The first-order valence-electron chi connectivity index (χ1n) is 8.14. The van der Waals surface area contributed by atoms with Gasteiger partial charge in [-0.3, -0.25) is 4.79 Å². The minimum Gasteiger partial charge on any atom is -0.461 e. The molecule has 0 unspecified atom stereocenters. The zero-order chi connectivity index (χ0) is 14.8. The van der Waals surface area contributed by atoms with Gasteiger partial charge in [0.25, 0.3) is 0 Å². The Balaban J connectivity index is 1.78. The number of ether oxygens (including phenoxy) is 3. The van der Waals surface area contributed by atoms with Crippen LogP contribution in [0, 0.1) is 23.2 Å². The van der Waals surface area contributed by atoms with Crippen molar-refractivity contribution < 1.29 is 19.0 Å². The topological polar surface area (TPSA) is 44.8 Å². The summed E-state index contributed by atoms with van der Waals surface area (Å²) < 4.78 is 18.0. The van der Waals surface area contributed by atoms with Crippen molar-refractivity contribution in [3.8, 4) is 0 Å². The fourth-order valence-electron chi connectivity index (χ4n) is 5.25. The van der Waals surface area contributed by atoms with Gasteiger partial charge in [0.2, 0.25) is 0 Å². The Morgan fingerprint density at radius 2 is 2.00 bits per heavy atom. The molecule has 116 valence electrons. The fourth-order valence-corrected chi connectivity index (χ4v) is 5.25. The molecule has 2 saturated heterocycles. The number of rotatable bonds is 0. The predicted octanol–water partition coefficient (Wildman–Crippen LogP) is 2.67. The second kappa shape index (κ2) is 4.32. The van der Waals surface area contributed by atoms with Crippen LogP contribution in [-0.2, 0) is 19.0 Å². The lowest BCUT2D eigenvalue weighted by atomic mass is 9.53. The van der Waals surface area contributed by atoms with Crippen molar-refractivity contribution in [2.75, 3.05) is 13.2 Å². The number of hydrogen-bond acceptors (Lipinski definition) is 4. The van der Waals surface area contributed by atoms with E-state index in [1.807, 2.05) is 6.92 Å². The van der Waals surface area contributed by atoms with Crippen molar-refractivity contribution in [1.82, 2.24) is 0 Å². The molecule has 0 bridgehead atoms. The molecule has 0 aromatic rings. The SMILES string of the molecule is CC1=CCC2(OCCO2)[C@]2(C)CC[C@@H]3[C@@H](OC(=O)[C@H]3C)[C@@H]12. The van der Waals surface area contributed by atoms with Crippen LogP contribution in [0.3, 0.4) is 0 Å². The lowest BCUT2D eigenvalue weighted by Crippen LogP contribution is -2.60. The smallest absolute Gasteiger partial charge is 0.309 e. The third-order valence-corrected chi connectivity index (χ3v) is 6.51. The van der Waals surface area contributed by atoms with Gasteiger partial charge < -0.3 is 14.2 Å². The number of esters is 1. The van der Waals surface area contributed by atoms with Gasteiger partial charge in [0.1, 0.15) is 6.10 Å². The largest absolute Gasteiger partial charge is 0.461 e. The van der Waals surface area contributed by atoms with Crippen LogP contribution in [0.2, 0.25) is 0 Å². The third kappa shape index (κ3) is 1.61. The molecule has 1 saturated carbocycles. The van der Waals surface area contributed by atoms with Gasteiger partial charge in [-0.05, 0) is 19.8 Å². The summed E-state index contributed by atoms with van der Waals surface area (Å²) in [6, 6.07) is 0. The lowest BCUT2D eigenvalue weighted by Gasteiger charge is -2.56. The average Bonchev–Trinajstić information content (AvgIpc) is 3.03. The van der Waals surface area contributed by atoms with Gasteiger partial charge in [-0.1, -0.05) is 25.5 Å². The van der Waals surface area contributed by atoms with Crippen LogP contribution < -0.4 is 0 Å². The Morgan fingerprint density at radius 1 is 1.29 bits per heavy atom. The van der Waals surface area contributed by atoms with Crippen molar-refractivity contribution in [3.63, 3.8) is 0 Å². The zero-order valence-corrected chi connectivity index (χ0v) is 13.1. The van der Waals surface area contributed by atoms with E-state index in [1.165, 1.54) is 5.57 Å². The first-order valence-corrected chi connectivity index (χ1v) is 8.14. The normalized spacial score (nSPS) is 47.8. The van der Waals surface area contributed by atoms with E-state index < -0.39 is 5.79 Å². The number of carbonyl (C=O) groups excluding carboxylic acids is 1. The number of fused-ring (bicyclic) bond motifs is 4. The second-order valence-corrected chi connectivity index (χ2v) is 7.39.